The minimum atomic E-state index is -0.155. The van der Waals surface area contributed by atoms with E-state index in [2.05, 4.69) is 9.97 Å². The lowest BCUT2D eigenvalue weighted by Gasteiger charge is -2.19. The Labute approximate surface area is 122 Å². The van der Waals surface area contributed by atoms with Crippen molar-refractivity contribution >= 4 is 28.2 Å². The Morgan fingerprint density at radius 1 is 1.14 bits per heavy atom. The second-order valence-electron chi connectivity index (χ2n) is 4.68. The number of nitrogens with two attached hydrogens (primary N) is 1. The number of benzene rings is 1. The predicted octanol–water partition coefficient (Wildman–Crippen LogP) is 2.49. The highest BCUT2D eigenvalue weighted by Crippen LogP contribution is 2.24. The van der Waals surface area contributed by atoms with Crippen molar-refractivity contribution in [3.63, 3.8) is 0 Å². The van der Waals surface area contributed by atoms with Gasteiger partial charge in [-0.1, -0.05) is 18.2 Å². The third-order valence-corrected chi connectivity index (χ3v) is 3.36. The highest BCUT2D eigenvalue weighted by atomic mass is 16.2. The van der Waals surface area contributed by atoms with Gasteiger partial charge in [0.2, 0.25) is 0 Å². The molecule has 3 aromatic rings. The number of hydrogen-bond acceptors (Lipinski definition) is 4. The average Bonchev–Trinajstić information content (AvgIpc) is 2.53. The molecule has 3 rings (SSSR count). The second kappa shape index (κ2) is 5.20. The molecule has 0 aliphatic heterocycles. The van der Waals surface area contributed by atoms with E-state index in [1.54, 1.807) is 31.6 Å². The van der Waals surface area contributed by atoms with E-state index in [0.29, 0.717) is 22.5 Å². The molecule has 1 amide bonds. The topological polar surface area (TPSA) is 72.1 Å². The molecule has 21 heavy (non-hydrogen) atoms. The van der Waals surface area contributed by atoms with Gasteiger partial charge in [-0.15, -0.1) is 0 Å². The number of carbonyl (C=O) groups is 1. The monoisotopic (exact) mass is 278 g/mol. The van der Waals surface area contributed by atoms with Gasteiger partial charge >= 0.3 is 0 Å². The number of nitrogen functional groups attached to an aromatic ring is 1. The van der Waals surface area contributed by atoms with Crippen LogP contribution in [-0.4, -0.2) is 22.9 Å². The van der Waals surface area contributed by atoms with E-state index >= 15 is 0 Å². The number of pyridine rings is 2. The molecule has 2 N–H and O–H groups in total. The van der Waals surface area contributed by atoms with Crippen molar-refractivity contribution in [1.29, 1.82) is 0 Å². The molecule has 0 fully saturated rings. The summed E-state index contributed by atoms with van der Waals surface area (Å²) in [4.78, 5) is 22.5. The molecule has 0 atom stereocenters. The van der Waals surface area contributed by atoms with Crippen LogP contribution >= 0.6 is 0 Å². The zero-order chi connectivity index (χ0) is 14.8. The summed E-state index contributed by atoms with van der Waals surface area (Å²) < 4.78 is 0. The summed E-state index contributed by atoms with van der Waals surface area (Å²) in [7, 11) is 1.69. The normalized spacial score (nSPS) is 10.5. The summed E-state index contributed by atoms with van der Waals surface area (Å²) in [6, 6.07) is 11.0. The number of fused-ring (bicyclic) bond motifs is 1. The third-order valence-electron chi connectivity index (χ3n) is 3.36. The van der Waals surface area contributed by atoms with Crippen molar-refractivity contribution in [2.75, 3.05) is 17.7 Å². The first-order chi connectivity index (χ1) is 10.2. The maximum Gasteiger partial charge on any atom is 0.260 e. The highest BCUT2D eigenvalue weighted by Gasteiger charge is 2.18. The summed E-state index contributed by atoms with van der Waals surface area (Å²) in [5, 5.41) is 0.930. The standard InChI is InChI=1S/C16H14N4O/c1-20(14-7-9-18-10-13(14)17)16(21)12-6-2-4-11-5-3-8-19-15(11)12/h2-10H,17H2,1H3. The summed E-state index contributed by atoms with van der Waals surface area (Å²) in [5.74, 6) is -0.155. The van der Waals surface area contributed by atoms with E-state index in [-0.39, 0.29) is 5.91 Å². The van der Waals surface area contributed by atoms with Crippen LogP contribution in [0.1, 0.15) is 10.4 Å². The Morgan fingerprint density at radius 2 is 1.95 bits per heavy atom. The lowest BCUT2D eigenvalue weighted by molar-refractivity contribution is 0.0994. The number of carbonyl (C=O) groups excluding carboxylic acids is 1. The van der Waals surface area contributed by atoms with Gasteiger partial charge in [-0.05, 0) is 18.2 Å². The highest BCUT2D eigenvalue weighted by molar-refractivity contribution is 6.13. The third kappa shape index (κ3) is 2.29. The van der Waals surface area contributed by atoms with Gasteiger partial charge in [0.05, 0.1) is 28.7 Å². The predicted molar refractivity (Wildman–Crippen MR) is 83.1 cm³/mol. The van der Waals surface area contributed by atoms with Crippen LogP contribution in [0.25, 0.3) is 10.9 Å². The van der Waals surface area contributed by atoms with Gasteiger partial charge in [-0.2, -0.15) is 0 Å². The number of rotatable bonds is 2. The Hall–Kier alpha value is -2.95. The van der Waals surface area contributed by atoms with Crippen LogP contribution in [0.2, 0.25) is 0 Å². The molecular formula is C16H14N4O. The smallest absolute Gasteiger partial charge is 0.260 e. The molecule has 104 valence electrons. The molecule has 0 saturated heterocycles. The zero-order valence-corrected chi connectivity index (χ0v) is 11.5. The molecule has 2 aromatic heterocycles. The van der Waals surface area contributed by atoms with Gasteiger partial charge < -0.3 is 10.6 Å². The van der Waals surface area contributed by atoms with Crippen molar-refractivity contribution in [2.45, 2.75) is 0 Å². The fourth-order valence-corrected chi connectivity index (χ4v) is 2.27. The van der Waals surface area contributed by atoms with E-state index in [0.717, 1.165) is 5.39 Å². The SMILES string of the molecule is CN(C(=O)c1cccc2cccnc12)c1ccncc1N. The van der Waals surface area contributed by atoms with Crippen LogP contribution < -0.4 is 10.6 Å². The molecule has 2 heterocycles. The Balaban J connectivity index is 2.07. The van der Waals surface area contributed by atoms with Crippen molar-refractivity contribution < 1.29 is 4.79 Å². The van der Waals surface area contributed by atoms with Crippen molar-refractivity contribution in [3.05, 3.63) is 60.6 Å². The molecule has 1 aromatic carbocycles. The number of anilines is 2. The maximum atomic E-state index is 12.7. The van der Waals surface area contributed by atoms with E-state index in [1.807, 2.05) is 24.3 Å². The first-order valence-electron chi connectivity index (χ1n) is 6.50. The fourth-order valence-electron chi connectivity index (χ4n) is 2.27. The Morgan fingerprint density at radius 3 is 2.76 bits per heavy atom. The molecule has 0 spiro atoms. The van der Waals surface area contributed by atoms with Crippen molar-refractivity contribution in [1.82, 2.24) is 9.97 Å². The minimum Gasteiger partial charge on any atom is -0.396 e. The van der Waals surface area contributed by atoms with Crippen LogP contribution in [0, 0.1) is 0 Å². The molecule has 0 aliphatic carbocycles. The van der Waals surface area contributed by atoms with E-state index in [9.17, 15) is 4.79 Å². The average molecular weight is 278 g/mol. The van der Waals surface area contributed by atoms with Crippen molar-refractivity contribution in [2.24, 2.45) is 0 Å². The number of para-hydroxylation sites is 1. The van der Waals surface area contributed by atoms with Crippen LogP contribution in [-0.2, 0) is 0 Å². The maximum absolute atomic E-state index is 12.7. The molecule has 5 nitrogen and oxygen atoms in total. The van der Waals surface area contributed by atoms with Crippen LogP contribution in [0.15, 0.2) is 55.0 Å². The Bertz CT molecular complexity index is 811. The quantitative estimate of drug-likeness (QED) is 0.781. The van der Waals surface area contributed by atoms with Gasteiger partial charge in [0.25, 0.3) is 5.91 Å². The molecule has 0 saturated carbocycles. The van der Waals surface area contributed by atoms with Crippen LogP contribution in [0.5, 0.6) is 0 Å². The van der Waals surface area contributed by atoms with Gasteiger partial charge in [0.1, 0.15) is 0 Å². The zero-order valence-electron chi connectivity index (χ0n) is 11.5. The van der Waals surface area contributed by atoms with Gasteiger partial charge in [0.15, 0.2) is 0 Å². The van der Waals surface area contributed by atoms with Gasteiger partial charge in [0, 0.05) is 24.8 Å². The number of amides is 1. The van der Waals surface area contributed by atoms with Gasteiger partial charge in [-0.3, -0.25) is 14.8 Å². The van der Waals surface area contributed by atoms with E-state index in [1.165, 1.54) is 11.1 Å². The first-order valence-corrected chi connectivity index (χ1v) is 6.50. The largest absolute Gasteiger partial charge is 0.396 e. The minimum absolute atomic E-state index is 0.155. The lowest BCUT2D eigenvalue weighted by atomic mass is 10.1. The van der Waals surface area contributed by atoms with Gasteiger partial charge in [-0.25, -0.2) is 0 Å². The summed E-state index contributed by atoms with van der Waals surface area (Å²) in [6.45, 7) is 0. The molecule has 0 bridgehead atoms. The number of nitrogens with zero attached hydrogens (tertiary/aromatic N) is 3. The second-order valence-corrected chi connectivity index (χ2v) is 4.68. The summed E-state index contributed by atoms with van der Waals surface area (Å²) in [5.41, 5.74) is 8.20. The summed E-state index contributed by atoms with van der Waals surface area (Å²) in [6.07, 6.45) is 4.82. The Kier molecular flexibility index (Phi) is 3.23. The molecule has 0 aliphatic rings. The molecule has 0 radical (unpaired) electrons. The fraction of sp³-hybridized carbons (Fsp3) is 0.0625. The van der Waals surface area contributed by atoms with Crippen LogP contribution in [0.4, 0.5) is 11.4 Å². The number of hydrogen-bond donors (Lipinski definition) is 1. The van der Waals surface area contributed by atoms with Crippen molar-refractivity contribution in [3.8, 4) is 0 Å². The summed E-state index contributed by atoms with van der Waals surface area (Å²) >= 11 is 0. The molecule has 5 heteroatoms. The molecular weight excluding hydrogens is 264 g/mol. The van der Waals surface area contributed by atoms with Crippen LogP contribution in [0.3, 0.4) is 0 Å². The first kappa shape index (κ1) is 13.1. The van der Waals surface area contributed by atoms with E-state index < -0.39 is 0 Å². The molecule has 0 unspecified atom stereocenters. The van der Waals surface area contributed by atoms with E-state index in [4.69, 9.17) is 5.73 Å². The lowest BCUT2D eigenvalue weighted by Crippen LogP contribution is -2.27. The number of aromatic nitrogens is 2.